The van der Waals surface area contributed by atoms with E-state index in [9.17, 15) is 18.0 Å². The molecule has 0 saturated heterocycles. The van der Waals surface area contributed by atoms with Crippen LogP contribution in [0.15, 0.2) is 99.9 Å². The zero-order valence-corrected chi connectivity index (χ0v) is 17.5. The van der Waals surface area contributed by atoms with E-state index >= 15 is 0 Å². The lowest BCUT2D eigenvalue weighted by Gasteiger charge is -2.07. The molecular formula is C27H16F3NO3. The maximum atomic E-state index is 13.0. The van der Waals surface area contributed by atoms with Crippen LogP contribution < -0.4 is 0 Å². The maximum Gasteiger partial charge on any atom is 0.416 e. The molecule has 5 rings (SSSR count). The number of aromatic nitrogens is 1. The molecule has 0 saturated carbocycles. The Bertz CT molecular complexity index is 1510. The quantitative estimate of drug-likeness (QED) is 0.200. The Balaban J connectivity index is 1.38. The summed E-state index contributed by atoms with van der Waals surface area (Å²) >= 11 is 0. The first kappa shape index (κ1) is 21.5. The van der Waals surface area contributed by atoms with E-state index in [1.165, 1.54) is 30.3 Å². The van der Waals surface area contributed by atoms with Gasteiger partial charge in [0.25, 0.3) is 0 Å². The summed E-state index contributed by atoms with van der Waals surface area (Å²) in [5, 5.41) is 4.89. The molecule has 0 atom stereocenters. The number of allylic oxidation sites excluding steroid dienone is 1. The Hall–Kier alpha value is -4.39. The van der Waals surface area contributed by atoms with Crippen LogP contribution in [0, 0.1) is 0 Å². The van der Waals surface area contributed by atoms with Crippen LogP contribution >= 0.6 is 0 Å². The van der Waals surface area contributed by atoms with Crippen LogP contribution in [0.3, 0.4) is 0 Å². The van der Waals surface area contributed by atoms with Crippen LogP contribution in [0.2, 0.25) is 0 Å². The lowest BCUT2D eigenvalue weighted by molar-refractivity contribution is -0.137. The van der Waals surface area contributed by atoms with E-state index in [1.54, 1.807) is 18.2 Å². The van der Waals surface area contributed by atoms with Crippen molar-refractivity contribution in [3.05, 3.63) is 108 Å². The Morgan fingerprint density at radius 1 is 0.853 bits per heavy atom. The van der Waals surface area contributed by atoms with Crippen LogP contribution in [0.5, 0.6) is 0 Å². The van der Waals surface area contributed by atoms with Gasteiger partial charge in [-0.15, -0.1) is 0 Å². The second kappa shape index (κ2) is 8.51. The Morgan fingerprint density at radius 3 is 2.44 bits per heavy atom. The lowest BCUT2D eigenvalue weighted by Crippen LogP contribution is -2.04. The van der Waals surface area contributed by atoms with E-state index in [0.29, 0.717) is 11.3 Å². The second-order valence-corrected chi connectivity index (χ2v) is 7.59. The molecule has 0 amide bonds. The van der Waals surface area contributed by atoms with Crippen molar-refractivity contribution in [2.45, 2.75) is 6.18 Å². The zero-order valence-electron chi connectivity index (χ0n) is 17.5. The molecule has 0 N–H and O–H groups in total. The molecule has 0 fully saturated rings. The zero-order chi connectivity index (χ0) is 23.7. The second-order valence-electron chi connectivity index (χ2n) is 7.59. The Morgan fingerprint density at radius 2 is 1.65 bits per heavy atom. The number of carbonyl (C=O) groups is 1. The van der Waals surface area contributed by atoms with E-state index < -0.39 is 17.5 Å². The first-order valence-electron chi connectivity index (χ1n) is 10.3. The Kier molecular flexibility index (Phi) is 5.37. The molecule has 7 heteroatoms. The highest BCUT2D eigenvalue weighted by molar-refractivity contribution is 6.05. The highest BCUT2D eigenvalue weighted by atomic mass is 19.4. The van der Waals surface area contributed by atoms with Gasteiger partial charge >= 0.3 is 6.18 Å². The monoisotopic (exact) mass is 459 g/mol. The molecule has 168 valence electrons. The molecule has 0 bridgehead atoms. The topological polar surface area (TPSA) is 56.2 Å². The lowest BCUT2D eigenvalue weighted by atomic mass is 10.1. The van der Waals surface area contributed by atoms with Gasteiger partial charge in [0.2, 0.25) is 5.78 Å². The number of hydrogen-bond acceptors (Lipinski definition) is 4. The van der Waals surface area contributed by atoms with Crippen LogP contribution in [-0.2, 0) is 6.18 Å². The fourth-order valence-electron chi connectivity index (χ4n) is 3.59. The minimum absolute atomic E-state index is 0.0275. The normalized spacial score (nSPS) is 12.0. The third-order valence-electron chi connectivity index (χ3n) is 5.29. The smallest absolute Gasteiger partial charge is 0.416 e. The number of furan rings is 1. The summed E-state index contributed by atoms with van der Waals surface area (Å²) in [4.78, 5) is 12.6. The Labute approximate surface area is 191 Å². The number of halogens is 3. The molecule has 0 aliphatic carbocycles. The molecule has 4 nitrogen and oxygen atoms in total. The predicted molar refractivity (Wildman–Crippen MR) is 122 cm³/mol. The minimum Gasteiger partial charge on any atom is -0.453 e. The van der Waals surface area contributed by atoms with Crippen molar-refractivity contribution in [3.63, 3.8) is 0 Å². The number of rotatable bonds is 5. The summed E-state index contributed by atoms with van der Waals surface area (Å²) in [6.07, 6.45) is -1.47. The van der Waals surface area contributed by atoms with Gasteiger partial charge < -0.3 is 8.94 Å². The number of benzene rings is 3. The van der Waals surface area contributed by atoms with E-state index in [1.807, 2.05) is 36.4 Å². The summed E-state index contributed by atoms with van der Waals surface area (Å²) in [5.74, 6) is 0.432. The first-order valence-corrected chi connectivity index (χ1v) is 10.3. The van der Waals surface area contributed by atoms with Crippen LogP contribution in [-0.4, -0.2) is 10.9 Å². The van der Waals surface area contributed by atoms with Gasteiger partial charge in [-0.1, -0.05) is 59.8 Å². The molecule has 0 aliphatic heterocycles. The van der Waals surface area contributed by atoms with E-state index in [4.69, 9.17) is 8.94 Å². The summed E-state index contributed by atoms with van der Waals surface area (Å²) < 4.78 is 49.9. The van der Waals surface area contributed by atoms with Crippen molar-refractivity contribution in [1.29, 1.82) is 0 Å². The molecule has 0 spiro atoms. The summed E-state index contributed by atoms with van der Waals surface area (Å²) in [5.41, 5.74) is 1.79. The maximum absolute atomic E-state index is 13.0. The highest BCUT2D eigenvalue weighted by Crippen LogP contribution is 2.33. The van der Waals surface area contributed by atoms with Crippen molar-refractivity contribution in [3.8, 4) is 22.6 Å². The van der Waals surface area contributed by atoms with Gasteiger partial charge in [0.1, 0.15) is 11.3 Å². The van der Waals surface area contributed by atoms with E-state index in [-0.39, 0.29) is 17.1 Å². The van der Waals surface area contributed by atoms with Gasteiger partial charge in [-0.3, -0.25) is 4.79 Å². The van der Waals surface area contributed by atoms with Crippen LogP contribution in [0.1, 0.15) is 21.7 Å². The van der Waals surface area contributed by atoms with Gasteiger partial charge in [-0.05, 0) is 48.0 Å². The third kappa shape index (κ3) is 4.28. The largest absolute Gasteiger partial charge is 0.453 e. The molecule has 5 aromatic rings. The summed E-state index contributed by atoms with van der Waals surface area (Å²) in [6, 6.07) is 22.7. The third-order valence-corrected chi connectivity index (χ3v) is 5.29. The summed E-state index contributed by atoms with van der Waals surface area (Å²) in [7, 11) is 0. The fourth-order valence-corrected chi connectivity index (χ4v) is 3.59. The fraction of sp³-hybridized carbons (Fsp3) is 0.0370. The van der Waals surface area contributed by atoms with Crippen molar-refractivity contribution < 1.29 is 26.9 Å². The van der Waals surface area contributed by atoms with Gasteiger partial charge in [-0.2, -0.15) is 13.2 Å². The number of alkyl halides is 3. The van der Waals surface area contributed by atoms with E-state index in [0.717, 1.165) is 28.6 Å². The standard InChI is InChI=1S/C27H16F3NO3/c28-27(29,30)20-8-4-7-19(16-20)24-13-14-25(33-24)23(32)12-10-17-9-11-22-21(15-17)26(34-31-22)18-5-2-1-3-6-18/h1-16H/b12-10+. The molecule has 0 unspecified atom stereocenters. The van der Waals surface area contributed by atoms with Gasteiger partial charge in [0.15, 0.2) is 11.5 Å². The van der Waals surface area contributed by atoms with Crippen molar-refractivity contribution in [2.24, 2.45) is 0 Å². The predicted octanol–water partition coefficient (Wildman–Crippen LogP) is 7.67. The molecular weight excluding hydrogens is 443 g/mol. The minimum atomic E-state index is -4.46. The number of nitrogens with zero attached hydrogens (tertiary/aromatic N) is 1. The van der Waals surface area contributed by atoms with Crippen LogP contribution in [0.4, 0.5) is 13.2 Å². The molecule has 3 aromatic carbocycles. The van der Waals surface area contributed by atoms with Crippen molar-refractivity contribution in [1.82, 2.24) is 5.16 Å². The molecule has 0 radical (unpaired) electrons. The highest BCUT2D eigenvalue weighted by Gasteiger charge is 2.30. The molecule has 34 heavy (non-hydrogen) atoms. The number of ketones is 1. The molecule has 0 aliphatic rings. The number of hydrogen-bond donors (Lipinski definition) is 0. The summed E-state index contributed by atoms with van der Waals surface area (Å²) in [6.45, 7) is 0. The SMILES string of the molecule is O=C(/C=C/c1ccc2noc(-c3ccccc3)c2c1)c1ccc(-c2cccc(C(F)(F)F)c2)o1. The average Bonchev–Trinajstić information content (AvgIpc) is 3.50. The van der Waals surface area contributed by atoms with Gasteiger partial charge in [0, 0.05) is 11.1 Å². The first-order chi connectivity index (χ1) is 16.4. The van der Waals surface area contributed by atoms with Crippen LogP contribution in [0.25, 0.3) is 39.6 Å². The number of carbonyl (C=O) groups excluding carboxylic acids is 1. The number of fused-ring (bicyclic) bond motifs is 1. The van der Waals surface area contributed by atoms with Crippen molar-refractivity contribution in [2.75, 3.05) is 0 Å². The molecule has 2 heterocycles. The molecule has 2 aromatic heterocycles. The van der Waals surface area contributed by atoms with Gasteiger partial charge in [-0.25, -0.2) is 0 Å². The van der Waals surface area contributed by atoms with Gasteiger partial charge in [0.05, 0.1) is 10.9 Å². The van der Waals surface area contributed by atoms with Crippen molar-refractivity contribution >= 4 is 22.8 Å². The van der Waals surface area contributed by atoms with E-state index in [2.05, 4.69) is 5.16 Å². The average molecular weight is 459 g/mol.